The van der Waals surface area contributed by atoms with Crippen LogP contribution in [0.15, 0.2) is 30.9 Å². The van der Waals surface area contributed by atoms with Crippen molar-refractivity contribution in [2.24, 2.45) is 0 Å². The number of hydrogen-bond acceptors (Lipinski definition) is 1. The van der Waals surface area contributed by atoms with Gasteiger partial charge in [-0.1, -0.05) is 37.5 Å². The lowest BCUT2D eigenvalue weighted by Gasteiger charge is -2.25. The Balaban J connectivity index is 2.31. The maximum Gasteiger partial charge on any atom is 0.119 e. The normalized spacial score (nSPS) is 17.2. The molecule has 0 aromatic heterocycles. The molecule has 1 aliphatic rings. The Morgan fingerprint density at radius 1 is 1.25 bits per heavy atom. The Morgan fingerprint density at radius 2 is 2.00 bits per heavy atom. The molecule has 1 fully saturated rings. The molecule has 1 N–H and O–H groups in total. The largest absolute Gasteiger partial charge is 0.508 e. The van der Waals surface area contributed by atoms with Gasteiger partial charge in [0, 0.05) is 5.56 Å². The number of allylic oxidation sites excluding steroid dienone is 1. The molecule has 16 heavy (non-hydrogen) atoms. The average molecular weight is 216 g/mol. The van der Waals surface area contributed by atoms with Gasteiger partial charge in [-0.05, 0) is 36.8 Å². The Bertz CT molecular complexity index is 362. The molecule has 0 saturated heterocycles. The summed E-state index contributed by atoms with van der Waals surface area (Å²) in [6, 6.07) is 5.86. The number of benzene rings is 1. The van der Waals surface area contributed by atoms with Gasteiger partial charge < -0.3 is 5.11 Å². The molecular formula is C15H20O. The molecule has 2 rings (SSSR count). The van der Waals surface area contributed by atoms with Gasteiger partial charge in [0.1, 0.15) is 5.75 Å². The maximum atomic E-state index is 10.0. The second-order valence-electron chi connectivity index (χ2n) is 4.68. The van der Waals surface area contributed by atoms with Crippen molar-refractivity contribution in [3.63, 3.8) is 0 Å². The maximum absolute atomic E-state index is 10.0. The number of aromatic hydroxyl groups is 1. The lowest BCUT2D eigenvalue weighted by molar-refractivity contribution is 0.412. The number of rotatable bonds is 3. The summed E-state index contributed by atoms with van der Waals surface area (Å²) in [6.45, 7) is 3.79. The van der Waals surface area contributed by atoms with Crippen LogP contribution in [-0.2, 0) is 6.42 Å². The monoisotopic (exact) mass is 216 g/mol. The standard InChI is InChI=1S/C15H20O/c1-2-7-12-10-6-11-14(16)15(12)13-8-4-3-5-9-13/h2,6,10-11,13,16H,1,3-5,7-9H2. The van der Waals surface area contributed by atoms with Crippen molar-refractivity contribution in [1.29, 1.82) is 0 Å². The van der Waals surface area contributed by atoms with Gasteiger partial charge in [0.15, 0.2) is 0 Å². The highest BCUT2D eigenvalue weighted by Gasteiger charge is 2.20. The fourth-order valence-electron chi connectivity index (χ4n) is 2.80. The summed E-state index contributed by atoms with van der Waals surface area (Å²) in [7, 11) is 0. The molecule has 0 bridgehead atoms. The minimum absolute atomic E-state index is 0.478. The molecular weight excluding hydrogens is 196 g/mol. The van der Waals surface area contributed by atoms with Gasteiger partial charge in [0.05, 0.1) is 0 Å². The van der Waals surface area contributed by atoms with Crippen molar-refractivity contribution in [1.82, 2.24) is 0 Å². The van der Waals surface area contributed by atoms with Crippen LogP contribution in [0.4, 0.5) is 0 Å². The third-order valence-electron chi connectivity index (χ3n) is 3.55. The van der Waals surface area contributed by atoms with Crippen LogP contribution in [0, 0.1) is 0 Å². The zero-order valence-corrected chi connectivity index (χ0v) is 9.78. The molecule has 0 heterocycles. The lowest BCUT2D eigenvalue weighted by Crippen LogP contribution is -2.07. The Hall–Kier alpha value is -1.24. The van der Waals surface area contributed by atoms with E-state index in [1.165, 1.54) is 43.2 Å². The lowest BCUT2D eigenvalue weighted by atomic mass is 9.81. The molecule has 0 unspecified atom stereocenters. The molecule has 0 spiro atoms. The van der Waals surface area contributed by atoms with Crippen molar-refractivity contribution < 1.29 is 5.11 Å². The topological polar surface area (TPSA) is 20.2 Å². The van der Waals surface area contributed by atoms with Crippen LogP contribution in [0.5, 0.6) is 5.75 Å². The van der Waals surface area contributed by atoms with Gasteiger partial charge in [-0.15, -0.1) is 6.58 Å². The molecule has 86 valence electrons. The predicted molar refractivity (Wildman–Crippen MR) is 67.8 cm³/mol. The highest BCUT2D eigenvalue weighted by Crippen LogP contribution is 2.39. The first-order valence-electron chi connectivity index (χ1n) is 6.24. The summed E-state index contributed by atoms with van der Waals surface area (Å²) in [5, 5.41) is 10.0. The highest BCUT2D eigenvalue weighted by atomic mass is 16.3. The molecule has 1 heteroatoms. The smallest absolute Gasteiger partial charge is 0.119 e. The third-order valence-corrected chi connectivity index (χ3v) is 3.55. The zero-order chi connectivity index (χ0) is 11.4. The van der Waals surface area contributed by atoms with Crippen molar-refractivity contribution >= 4 is 0 Å². The average Bonchev–Trinajstić information content (AvgIpc) is 2.31. The summed E-state index contributed by atoms with van der Waals surface area (Å²) < 4.78 is 0. The van der Waals surface area contributed by atoms with E-state index in [1.807, 2.05) is 18.2 Å². The van der Waals surface area contributed by atoms with Crippen LogP contribution in [0.2, 0.25) is 0 Å². The summed E-state index contributed by atoms with van der Waals surface area (Å²) in [5.41, 5.74) is 2.43. The molecule has 0 amide bonds. The second kappa shape index (κ2) is 5.20. The fourth-order valence-corrected chi connectivity index (χ4v) is 2.80. The van der Waals surface area contributed by atoms with Crippen molar-refractivity contribution in [2.45, 2.75) is 44.4 Å². The Labute approximate surface area is 97.8 Å². The van der Waals surface area contributed by atoms with Gasteiger partial charge in [-0.3, -0.25) is 0 Å². The van der Waals surface area contributed by atoms with Crippen LogP contribution in [0.3, 0.4) is 0 Å². The van der Waals surface area contributed by atoms with E-state index >= 15 is 0 Å². The quantitative estimate of drug-likeness (QED) is 0.752. The fraction of sp³-hybridized carbons (Fsp3) is 0.467. The summed E-state index contributed by atoms with van der Waals surface area (Å²) >= 11 is 0. The molecule has 1 nitrogen and oxygen atoms in total. The highest BCUT2D eigenvalue weighted by molar-refractivity contribution is 5.43. The van der Waals surface area contributed by atoms with Gasteiger partial charge >= 0.3 is 0 Å². The van der Waals surface area contributed by atoms with Crippen LogP contribution < -0.4 is 0 Å². The molecule has 0 aliphatic heterocycles. The Kier molecular flexibility index (Phi) is 3.66. The number of phenolic OH excluding ortho intramolecular Hbond substituents is 1. The summed E-state index contributed by atoms with van der Waals surface area (Å²) in [4.78, 5) is 0. The number of phenols is 1. The van der Waals surface area contributed by atoms with E-state index in [1.54, 1.807) is 0 Å². The van der Waals surface area contributed by atoms with Crippen molar-refractivity contribution in [3.8, 4) is 5.75 Å². The molecule has 1 aliphatic carbocycles. The van der Waals surface area contributed by atoms with Crippen molar-refractivity contribution in [2.75, 3.05) is 0 Å². The molecule has 1 aromatic rings. The van der Waals surface area contributed by atoms with E-state index in [4.69, 9.17) is 0 Å². The van der Waals surface area contributed by atoms with E-state index in [-0.39, 0.29) is 0 Å². The van der Waals surface area contributed by atoms with Gasteiger partial charge in [0.25, 0.3) is 0 Å². The minimum Gasteiger partial charge on any atom is -0.508 e. The van der Waals surface area contributed by atoms with Crippen molar-refractivity contribution in [3.05, 3.63) is 42.0 Å². The number of hydrogen-bond donors (Lipinski definition) is 1. The SMILES string of the molecule is C=CCc1cccc(O)c1C1CCCCC1. The van der Waals surface area contributed by atoms with Crippen LogP contribution in [0.1, 0.15) is 49.1 Å². The van der Waals surface area contributed by atoms with Gasteiger partial charge in [0.2, 0.25) is 0 Å². The first-order chi connectivity index (χ1) is 7.83. The molecule has 0 radical (unpaired) electrons. The van der Waals surface area contributed by atoms with E-state index in [0.717, 1.165) is 6.42 Å². The zero-order valence-electron chi connectivity index (χ0n) is 9.78. The minimum atomic E-state index is 0.478. The van der Waals surface area contributed by atoms with Gasteiger partial charge in [-0.2, -0.15) is 0 Å². The predicted octanol–water partition coefficient (Wildman–Crippen LogP) is 4.17. The molecule has 0 atom stereocenters. The Morgan fingerprint density at radius 3 is 2.69 bits per heavy atom. The van der Waals surface area contributed by atoms with E-state index in [9.17, 15) is 5.11 Å². The summed E-state index contributed by atoms with van der Waals surface area (Å²) in [5.74, 6) is 1.04. The first kappa shape index (κ1) is 11.3. The van der Waals surface area contributed by atoms with Gasteiger partial charge in [-0.25, -0.2) is 0 Å². The first-order valence-corrected chi connectivity index (χ1v) is 6.24. The van der Waals surface area contributed by atoms with E-state index in [0.29, 0.717) is 11.7 Å². The molecule has 1 aromatic carbocycles. The molecule has 1 saturated carbocycles. The van der Waals surface area contributed by atoms with E-state index < -0.39 is 0 Å². The second-order valence-corrected chi connectivity index (χ2v) is 4.68. The van der Waals surface area contributed by atoms with Crippen LogP contribution in [-0.4, -0.2) is 5.11 Å². The van der Waals surface area contributed by atoms with Crippen LogP contribution >= 0.6 is 0 Å². The summed E-state index contributed by atoms with van der Waals surface area (Å²) in [6.07, 6.45) is 9.17. The van der Waals surface area contributed by atoms with E-state index in [2.05, 4.69) is 12.6 Å². The van der Waals surface area contributed by atoms with Crippen LogP contribution in [0.25, 0.3) is 0 Å². The third kappa shape index (κ3) is 2.29.